The number of aromatic nitrogens is 1. The molecule has 1 aromatic rings. The van der Waals surface area contributed by atoms with Gasteiger partial charge in [0.25, 0.3) is 0 Å². The zero-order valence-electron chi connectivity index (χ0n) is 7.79. The van der Waals surface area contributed by atoms with Crippen molar-refractivity contribution in [1.82, 2.24) is 4.98 Å². The molecule has 1 heterocycles. The molecule has 5 heteroatoms. The van der Waals surface area contributed by atoms with E-state index in [2.05, 4.69) is 22.9 Å². The van der Waals surface area contributed by atoms with Crippen LogP contribution in [0.25, 0.3) is 0 Å². The van der Waals surface area contributed by atoms with Crippen molar-refractivity contribution in [2.24, 2.45) is 0 Å². The number of thiazole rings is 1. The molecule has 0 bridgehead atoms. The van der Waals surface area contributed by atoms with Crippen LogP contribution in [0.3, 0.4) is 0 Å². The Morgan fingerprint density at radius 2 is 2.23 bits per heavy atom. The maximum absolute atomic E-state index is 11.2. The van der Waals surface area contributed by atoms with E-state index in [0.29, 0.717) is 5.13 Å². The number of rotatable bonds is 2. The van der Waals surface area contributed by atoms with E-state index in [1.165, 1.54) is 11.3 Å². The number of hydrogen-bond donors (Lipinski definition) is 2. The molecule has 0 aromatic carbocycles. The second kappa shape index (κ2) is 4.11. The molecule has 1 amide bonds. The summed E-state index contributed by atoms with van der Waals surface area (Å²) in [5, 5.41) is 3.05. The van der Waals surface area contributed by atoms with Crippen LogP contribution in [-0.2, 0) is 4.79 Å². The average Bonchev–Trinajstić information content (AvgIpc) is 2.31. The number of nitrogens with one attached hydrogen (secondary N) is 1. The fraction of sp³-hybridized carbons (Fsp3) is 0.500. The van der Waals surface area contributed by atoms with Crippen LogP contribution in [0.4, 0.5) is 5.13 Å². The van der Waals surface area contributed by atoms with E-state index >= 15 is 0 Å². The zero-order valence-corrected chi connectivity index (χ0v) is 9.50. The van der Waals surface area contributed by atoms with Crippen molar-refractivity contribution in [2.45, 2.75) is 26.0 Å². The molecule has 0 saturated carbocycles. The van der Waals surface area contributed by atoms with Crippen LogP contribution in [0, 0.1) is 13.8 Å². The van der Waals surface area contributed by atoms with Crippen LogP contribution in [0.5, 0.6) is 0 Å². The summed E-state index contributed by atoms with van der Waals surface area (Å²) in [5.41, 5.74) is 0.965. The van der Waals surface area contributed by atoms with Crippen molar-refractivity contribution in [3.05, 3.63) is 10.6 Å². The molecule has 1 rings (SSSR count). The van der Waals surface area contributed by atoms with Crippen LogP contribution in [0.2, 0.25) is 0 Å². The highest BCUT2D eigenvalue weighted by atomic mass is 32.1. The van der Waals surface area contributed by atoms with E-state index in [9.17, 15) is 4.79 Å². The summed E-state index contributed by atoms with van der Waals surface area (Å²) < 4.78 is 0. The normalized spacial score (nSPS) is 12.6. The second-order valence-corrected chi connectivity index (χ2v) is 4.80. The largest absolute Gasteiger partial charge is 0.301 e. The first-order chi connectivity index (χ1) is 6.00. The number of thiol groups is 1. The summed E-state index contributed by atoms with van der Waals surface area (Å²) in [5.74, 6) is -0.114. The molecule has 0 aliphatic rings. The van der Waals surface area contributed by atoms with Gasteiger partial charge in [-0.3, -0.25) is 4.79 Å². The molecule has 0 fully saturated rings. The lowest BCUT2D eigenvalue weighted by Crippen LogP contribution is -2.20. The van der Waals surface area contributed by atoms with Gasteiger partial charge in [0, 0.05) is 4.88 Å². The Balaban J connectivity index is 2.70. The first-order valence-corrected chi connectivity index (χ1v) is 5.27. The number of hydrogen-bond acceptors (Lipinski definition) is 4. The Hall–Kier alpha value is -0.550. The van der Waals surface area contributed by atoms with Gasteiger partial charge in [0.15, 0.2) is 5.13 Å². The second-order valence-electron chi connectivity index (χ2n) is 2.83. The SMILES string of the molecule is Cc1nc(NC(=O)C(C)S)sc1C. The van der Waals surface area contributed by atoms with Gasteiger partial charge in [0.05, 0.1) is 10.9 Å². The first-order valence-electron chi connectivity index (χ1n) is 3.93. The third-order valence-electron chi connectivity index (χ3n) is 1.64. The Labute approximate surface area is 87.0 Å². The highest BCUT2D eigenvalue weighted by Gasteiger charge is 2.10. The highest BCUT2D eigenvalue weighted by molar-refractivity contribution is 7.81. The zero-order chi connectivity index (χ0) is 10.0. The molecule has 0 aliphatic heterocycles. The van der Waals surface area contributed by atoms with Gasteiger partial charge in [-0.1, -0.05) is 0 Å². The molecule has 1 atom stereocenters. The standard InChI is InChI=1S/C8H12N2OS2/c1-4-6(3)13-8(9-4)10-7(11)5(2)12/h5,12H,1-3H3,(H,9,10,11). The van der Waals surface area contributed by atoms with Crippen molar-refractivity contribution < 1.29 is 4.79 Å². The summed E-state index contributed by atoms with van der Waals surface area (Å²) in [7, 11) is 0. The van der Waals surface area contributed by atoms with Crippen LogP contribution in [0.1, 0.15) is 17.5 Å². The van der Waals surface area contributed by atoms with Gasteiger partial charge in [0.1, 0.15) is 0 Å². The third kappa shape index (κ3) is 2.70. The molecular weight excluding hydrogens is 204 g/mol. The lowest BCUT2D eigenvalue weighted by molar-refractivity contribution is -0.115. The molecule has 3 nitrogen and oxygen atoms in total. The molecule has 0 spiro atoms. The van der Waals surface area contributed by atoms with Crippen molar-refractivity contribution in [3.63, 3.8) is 0 Å². The van der Waals surface area contributed by atoms with Gasteiger partial charge in [-0.25, -0.2) is 4.98 Å². The summed E-state index contributed by atoms with van der Waals surface area (Å²) >= 11 is 5.50. The van der Waals surface area contributed by atoms with E-state index in [-0.39, 0.29) is 11.2 Å². The van der Waals surface area contributed by atoms with Gasteiger partial charge in [-0.05, 0) is 20.8 Å². The molecule has 1 N–H and O–H groups in total. The van der Waals surface area contributed by atoms with Crippen molar-refractivity contribution >= 4 is 35.0 Å². The van der Waals surface area contributed by atoms with Crippen LogP contribution in [-0.4, -0.2) is 16.1 Å². The minimum atomic E-state index is -0.301. The van der Waals surface area contributed by atoms with Crippen LogP contribution < -0.4 is 5.32 Å². The number of aryl methyl sites for hydroxylation is 2. The maximum atomic E-state index is 11.2. The lowest BCUT2D eigenvalue weighted by Gasteiger charge is -2.02. The molecular formula is C8H12N2OS2. The van der Waals surface area contributed by atoms with Crippen molar-refractivity contribution in [2.75, 3.05) is 5.32 Å². The fourth-order valence-electron chi connectivity index (χ4n) is 0.736. The highest BCUT2D eigenvalue weighted by Crippen LogP contribution is 2.21. The van der Waals surface area contributed by atoms with E-state index in [4.69, 9.17) is 0 Å². The molecule has 0 aliphatic carbocycles. The van der Waals surface area contributed by atoms with Gasteiger partial charge >= 0.3 is 0 Å². The van der Waals surface area contributed by atoms with Gasteiger partial charge in [-0.2, -0.15) is 12.6 Å². The number of carbonyl (C=O) groups excluding carboxylic acids is 1. The smallest absolute Gasteiger partial charge is 0.238 e. The van der Waals surface area contributed by atoms with Gasteiger partial charge in [0.2, 0.25) is 5.91 Å². The molecule has 1 unspecified atom stereocenters. The van der Waals surface area contributed by atoms with E-state index in [1.54, 1.807) is 6.92 Å². The topological polar surface area (TPSA) is 42.0 Å². The van der Waals surface area contributed by atoms with Crippen molar-refractivity contribution in [3.8, 4) is 0 Å². The first kappa shape index (κ1) is 10.5. The Morgan fingerprint density at radius 3 is 2.62 bits per heavy atom. The monoisotopic (exact) mass is 216 g/mol. The molecule has 1 aromatic heterocycles. The quantitative estimate of drug-likeness (QED) is 0.743. The Morgan fingerprint density at radius 1 is 1.62 bits per heavy atom. The number of nitrogens with zero attached hydrogens (tertiary/aromatic N) is 1. The summed E-state index contributed by atoms with van der Waals surface area (Å²) in [4.78, 5) is 16.5. The minimum Gasteiger partial charge on any atom is -0.301 e. The van der Waals surface area contributed by atoms with Gasteiger partial charge < -0.3 is 5.32 Å². The average molecular weight is 216 g/mol. The lowest BCUT2D eigenvalue weighted by atomic mass is 10.4. The minimum absolute atomic E-state index is 0.114. The molecule has 0 saturated heterocycles. The number of anilines is 1. The maximum Gasteiger partial charge on any atom is 0.238 e. The Bertz CT molecular complexity index is 300. The van der Waals surface area contributed by atoms with Crippen LogP contribution >= 0.6 is 24.0 Å². The predicted molar refractivity (Wildman–Crippen MR) is 58.7 cm³/mol. The number of amides is 1. The van der Waals surface area contributed by atoms with E-state index in [0.717, 1.165) is 10.6 Å². The van der Waals surface area contributed by atoms with Crippen LogP contribution in [0.15, 0.2) is 0 Å². The van der Waals surface area contributed by atoms with E-state index < -0.39 is 0 Å². The third-order valence-corrected chi connectivity index (χ3v) is 2.86. The molecule has 0 radical (unpaired) electrons. The molecule has 13 heavy (non-hydrogen) atoms. The summed E-state index contributed by atoms with van der Waals surface area (Å²) in [6, 6.07) is 0. The predicted octanol–water partition coefficient (Wildman–Crippen LogP) is 2.02. The van der Waals surface area contributed by atoms with Gasteiger partial charge in [-0.15, -0.1) is 11.3 Å². The van der Waals surface area contributed by atoms with Crippen molar-refractivity contribution in [1.29, 1.82) is 0 Å². The van der Waals surface area contributed by atoms with E-state index in [1.807, 2.05) is 13.8 Å². The fourth-order valence-corrected chi connectivity index (χ4v) is 1.62. The summed E-state index contributed by atoms with van der Waals surface area (Å²) in [6.45, 7) is 5.63. The molecule has 72 valence electrons. The summed E-state index contributed by atoms with van der Waals surface area (Å²) in [6.07, 6.45) is 0. The Kier molecular flexibility index (Phi) is 3.33. The number of carbonyl (C=O) groups is 1.